The van der Waals surface area contributed by atoms with Crippen LogP contribution >= 0.6 is 0 Å². The highest BCUT2D eigenvalue weighted by Crippen LogP contribution is 2.27. The lowest BCUT2D eigenvalue weighted by molar-refractivity contribution is -0.305. The first-order chi connectivity index (χ1) is 43.7. The predicted octanol–water partition coefficient (Wildman–Crippen LogP) is 20.1. The van der Waals surface area contributed by atoms with Crippen LogP contribution in [0.3, 0.4) is 0 Å². The standard InChI is InChI=1S/C78H143NO10/c1-4-7-10-13-16-19-22-25-27-29-31-33-34-35-36-37-39-40-42-44-47-50-53-56-59-62-65-71(82)77(86)79-69(70(81)64-61-58-55-52-49-46-24-21-18-15-12-9-6-3)68-87-78-76(75(85)74(84)72(67-80)88-78)89-73(83)66-63-60-57-54-51-48-45-43-41-38-32-30-28-26-23-20-17-14-11-8-5-2/h17,20,26,28,32,38,43,45,61,64,69-72,74-76,78,80-82,84-85H,4-16,18-19,21-25,27,29-31,33-37,39-42,44,46-60,62-63,65-68H2,1-3H3,(H,79,86)/b20-17-,28-26-,38-32-,45-43-,64-61+. The van der Waals surface area contributed by atoms with Gasteiger partial charge in [-0.3, -0.25) is 9.59 Å². The van der Waals surface area contributed by atoms with Crippen molar-refractivity contribution in [2.45, 2.75) is 410 Å². The average molecular weight is 1250 g/mol. The number of carbonyl (C=O) groups is 2. The number of esters is 1. The number of unbranched alkanes of at least 4 members (excludes halogenated alkanes) is 44. The van der Waals surface area contributed by atoms with Crippen LogP contribution in [-0.4, -0.2) is 99.6 Å². The average Bonchev–Trinajstić information content (AvgIpc) is 2.24. The summed E-state index contributed by atoms with van der Waals surface area (Å²) in [5, 5.41) is 57.4. The molecule has 0 radical (unpaired) electrons. The number of hydrogen-bond acceptors (Lipinski definition) is 10. The van der Waals surface area contributed by atoms with Crippen molar-refractivity contribution in [3.8, 4) is 0 Å². The van der Waals surface area contributed by atoms with Crippen LogP contribution in [0.4, 0.5) is 0 Å². The van der Waals surface area contributed by atoms with E-state index in [2.05, 4.69) is 74.7 Å². The Bertz CT molecular complexity index is 1680. The van der Waals surface area contributed by atoms with Crippen LogP contribution in [0.25, 0.3) is 0 Å². The third kappa shape index (κ3) is 52.4. The molecule has 0 aromatic rings. The lowest BCUT2D eigenvalue weighted by Crippen LogP contribution is -2.61. The van der Waals surface area contributed by atoms with E-state index in [1.807, 2.05) is 6.08 Å². The van der Waals surface area contributed by atoms with Crippen LogP contribution in [0.2, 0.25) is 0 Å². The maximum atomic E-state index is 13.5. The zero-order valence-corrected chi connectivity index (χ0v) is 58.1. The SMILES string of the molecule is CCCCC/C=C\C/C=C\C/C=C\C/C=C\CCCCCCCC(=O)OC1C(OCC(NC(=O)C(O)CCCCCCCCCCCCCCCCCCCCCCCCCCCC)C(O)/C=C/CCCCCCCCCCCCC)OC(CO)C(O)C1O. The summed E-state index contributed by atoms with van der Waals surface area (Å²) in [4.78, 5) is 26.7. The molecule has 0 aromatic heterocycles. The van der Waals surface area contributed by atoms with Gasteiger partial charge in [0.15, 0.2) is 12.4 Å². The Morgan fingerprint density at radius 2 is 0.775 bits per heavy atom. The van der Waals surface area contributed by atoms with Crippen LogP contribution in [0.5, 0.6) is 0 Å². The molecule has 8 unspecified atom stereocenters. The second-order valence-electron chi connectivity index (χ2n) is 26.4. The van der Waals surface area contributed by atoms with Crippen molar-refractivity contribution in [2.75, 3.05) is 13.2 Å². The number of aliphatic hydroxyl groups is 5. The third-order valence-corrected chi connectivity index (χ3v) is 17.9. The number of aliphatic hydroxyl groups excluding tert-OH is 5. The summed E-state index contributed by atoms with van der Waals surface area (Å²) < 4.78 is 17.7. The van der Waals surface area contributed by atoms with Crippen LogP contribution in [-0.2, 0) is 23.8 Å². The van der Waals surface area contributed by atoms with Crippen LogP contribution in [0.15, 0.2) is 60.8 Å². The first-order valence-corrected chi connectivity index (χ1v) is 38.1. The Kier molecular flexibility index (Phi) is 62.0. The number of amides is 1. The van der Waals surface area contributed by atoms with E-state index in [-0.39, 0.29) is 13.0 Å². The first kappa shape index (κ1) is 84.4. The van der Waals surface area contributed by atoms with Gasteiger partial charge in [-0.15, -0.1) is 0 Å². The number of allylic oxidation sites excluding steroid dienone is 9. The van der Waals surface area contributed by atoms with E-state index in [9.17, 15) is 35.1 Å². The van der Waals surface area contributed by atoms with E-state index >= 15 is 0 Å². The molecule has 8 atom stereocenters. The molecule has 1 aliphatic rings. The zero-order valence-electron chi connectivity index (χ0n) is 58.1. The molecule has 1 saturated heterocycles. The van der Waals surface area contributed by atoms with Gasteiger partial charge in [-0.05, 0) is 70.6 Å². The van der Waals surface area contributed by atoms with Gasteiger partial charge in [0, 0.05) is 6.42 Å². The highest BCUT2D eigenvalue weighted by atomic mass is 16.7. The fourth-order valence-corrected chi connectivity index (χ4v) is 11.9. The van der Waals surface area contributed by atoms with E-state index in [0.29, 0.717) is 19.3 Å². The Balaban J connectivity index is 2.55. The molecule has 89 heavy (non-hydrogen) atoms. The van der Waals surface area contributed by atoms with E-state index in [0.717, 1.165) is 89.9 Å². The molecular formula is C78H143NO10. The normalized spacial score (nSPS) is 18.4. The van der Waals surface area contributed by atoms with Gasteiger partial charge in [0.1, 0.15) is 24.4 Å². The summed E-state index contributed by atoms with van der Waals surface area (Å²) in [7, 11) is 0. The van der Waals surface area contributed by atoms with E-state index in [1.165, 1.54) is 225 Å². The Morgan fingerprint density at radius 1 is 0.438 bits per heavy atom. The number of rotatable bonds is 66. The lowest BCUT2D eigenvalue weighted by Gasteiger charge is -2.41. The molecule has 1 fully saturated rings. The molecule has 0 saturated carbocycles. The predicted molar refractivity (Wildman–Crippen MR) is 375 cm³/mol. The summed E-state index contributed by atoms with van der Waals surface area (Å²) in [6, 6.07) is -1.03. The molecule has 0 bridgehead atoms. The van der Waals surface area contributed by atoms with Crippen LogP contribution < -0.4 is 5.32 Å². The van der Waals surface area contributed by atoms with Crippen LogP contribution in [0.1, 0.15) is 361 Å². The van der Waals surface area contributed by atoms with Gasteiger partial charge in [0.2, 0.25) is 5.91 Å². The van der Waals surface area contributed by atoms with Crippen molar-refractivity contribution < 1.29 is 49.3 Å². The first-order valence-electron chi connectivity index (χ1n) is 38.1. The molecular weight excluding hydrogens is 1110 g/mol. The van der Waals surface area contributed by atoms with E-state index < -0.39 is 67.4 Å². The number of hydrogen-bond donors (Lipinski definition) is 6. The van der Waals surface area contributed by atoms with Crippen molar-refractivity contribution >= 4 is 11.9 Å². The molecule has 520 valence electrons. The maximum Gasteiger partial charge on any atom is 0.306 e. The fraction of sp³-hybridized carbons (Fsp3) is 0.846. The third-order valence-electron chi connectivity index (χ3n) is 17.9. The molecule has 1 rings (SSSR count). The van der Waals surface area contributed by atoms with E-state index in [1.54, 1.807) is 6.08 Å². The molecule has 0 aromatic carbocycles. The Labute approximate surface area is 548 Å². The van der Waals surface area contributed by atoms with Gasteiger partial charge in [-0.25, -0.2) is 0 Å². The smallest absolute Gasteiger partial charge is 0.306 e. The number of carbonyl (C=O) groups excluding carboxylic acids is 2. The van der Waals surface area contributed by atoms with Gasteiger partial charge in [-0.2, -0.15) is 0 Å². The molecule has 11 nitrogen and oxygen atoms in total. The Morgan fingerprint density at radius 3 is 1.18 bits per heavy atom. The zero-order chi connectivity index (χ0) is 64.6. The highest BCUT2D eigenvalue weighted by molar-refractivity contribution is 5.80. The quantitative estimate of drug-likeness (QED) is 0.0195. The lowest BCUT2D eigenvalue weighted by atomic mass is 9.99. The second kappa shape index (κ2) is 65.4. The molecule has 1 amide bonds. The van der Waals surface area contributed by atoms with Crippen molar-refractivity contribution in [1.82, 2.24) is 5.32 Å². The largest absolute Gasteiger partial charge is 0.454 e. The fourth-order valence-electron chi connectivity index (χ4n) is 11.9. The molecule has 1 aliphatic heterocycles. The van der Waals surface area contributed by atoms with Crippen molar-refractivity contribution in [3.05, 3.63) is 60.8 Å². The van der Waals surface area contributed by atoms with Gasteiger partial charge < -0.3 is 45.1 Å². The van der Waals surface area contributed by atoms with Crippen LogP contribution in [0, 0.1) is 0 Å². The molecule has 1 heterocycles. The van der Waals surface area contributed by atoms with Crippen molar-refractivity contribution in [1.29, 1.82) is 0 Å². The van der Waals surface area contributed by atoms with Gasteiger partial charge in [0.05, 0.1) is 25.4 Å². The van der Waals surface area contributed by atoms with Crippen molar-refractivity contribution in [3.63, 3.8) is 0 Å². The number of ether oxygens (including phenoxy) is 3. The maximum absolute atomic E-state index is 13.5. The summed E-state index contributed by atoms with van der Waals surface area (Å²) in [5.74, 6) is -1.20. The highest BCUT2D eigenvalue weighted by Gasteiger charge is 2.47. The van der Waals surface area contributed by atoms with Gasteiger partial charge in [-0.1, -0.05) is 345 Å². The summed E-state index contributed by atoms with van der Waals surface area (Å²) in [5.41, 5.74) is 0. The monoisotopic (exact) mass is 1250 g/mol. The minimum absolute atomic E-state index is 0.103. The number of nitrogens with one attached hydrogen (secondary N) is 1. The minimum atomic E-state index is -1.62. The second-order valence-corrected chi connectivity index (χ2v) is 26.4. The summed E-state index contributed by atoms with van der Waals surface area (Å²) in [6.45, 7) is 5.81. The molecule has 0 spiro atoms. The summed E-state index contributed by atoms with van der Waals surface area (Å²) in [6.07, 6.45) is 74.1. The molecule has 11 heteroatoms. The van der Waals surface area contributed by atoms with Gasteiger partial charge >= 0.3 is 5.97 Å². The van der Waals surface area contributed by atoms with E-state index in [4.69, 9.17) is 14.2 Å². The summed E-state index contributed by atoms with van der Waals surface area (Å²) >= 11 is 0. The molecule has 0 aliphatic carbocycles. The van der Waals surface area contributed by atoms with Crippen molar-refractivity contribution in [2.24, 2.45) is 0 Å². The molecule has 6 N–H and O–H groups in total. The van der Waals surface area contributed by atoms with Gasteiger partial charge in [0.25, 0.3) is 0 Å². The topological polar surface area (TPSA) is 175 Å². The minimum Gasteiger partial charge on any atom is -0.454 e. The Hall–Kier alpha value is -2.64.